The van der Waals surface area contributed by atoms with E-state index in [9.17, 15) is 9.59 Å². The molecule has 4 rings (SSSR count). The van der Waals surface area contributed by atoms with Gasteiger partial charge >= 0.3 is 0 Å². The Hall–Kier alpha value is -3.67. The van der Waals surface area contributed by atoms with Gasteiger partial charge in [-0.25, -0.2) is 4.98 Å². The molecule has 30 heavy (non-hydrogen) atoms. The lowest BCUT2D eigenvalue weighted by Crippen LogP contribution is -2.21. The molecule has 6 heteroatoms. The SMILES string of the molecule is CN(C)C(=O)c1ccc(Cc2ccnc(Oc3ccc4c(c3)OCCC4=O)c2)cc1. The van der Waals surface area contributed by atoms with Crippen LogP contribution in [0.2, 0.25) is 0 Å². The third-order valence-electron chi connectivity index (χ3n) is 4.88. The Labute approximate surface area is 175 Å². The van der Waals surface area contributed by atoms with Gasteiger partial charge in [0.05, 0.1) is 12.2 Å². The highest BCUT2D eigenvalue weighted by Crippen LogP contribution is 2.31. The van der Waals surface area contributed by atoms with Crippen molar-refractivity contribution in [2.75, 3.05) is 20.7 Å². The molecule has 0 aliphatic carbocycles. The van der Waals surface area contributed by atoms with Gasteiger partial charge in [-0.3, -0.25) is 9.59 Å². The molecule has 3 aromatic rings. The summed E-state index contributed by atoms with van der Waals surface area (Å²) in [5.41, 5.74) is 3.38. The minimum atomic E-state index is -0.0168. The molecule has 0 radical (unpaired) electrons. The molecule has 1 aromatic heterocycles. The molecule has 1 aliphatic heterocycles. The molecule has 0 bridgehead atoms. The minimum absolute atomic E-state index is 0.0168. The van der Waals surface area contributed by atoms with Crippen molar-refractivity contribution in [2.24, 2.45) is 0 Å². The zero-order chi connectivity index (χ0) is 21.1. The van der Waals surface area contributed by atoms with E-state index in [4.69, 9.17) is 9.47 Å². The Balaban J connectivity index is 1.47. The van der Waals surface area contributed by atoms with Crippen LogP contribution < -0.4 is 9.47 Å². The summed E-state index contributed by atoms with van der Waals surface area (Å²) in [5.74, 6) is 1.65. The van der Waals surface area contributed by atoms with Gasteiger partial charge in [0, 0.05) is 44.4 Å². The van der Waals surface area contributed by atoms with Crippen LogP contribution in [0.15, 0.2) is 60.8 Å². The van der Waals surface area contributed by atoms with E-state index in [0.717, 1.165) is 11.1 Å². The maximum absolute atomic E-state index is 12.0. The summed E-state index contributed by atoms with van der Waals surface area (Å²) < 4.78 is 11.5. The lowest BCUT2D eigenvalue weighted by Gasteiger charge is -2.17. The fraction of sp³-hybridized carbons (Fsp3) is 0.208. The molecule has 0 atom stereocenters. The molecule has 152 valence electrons. The number of hydrogen-bond donors (Lipinski definition) is 0. The minimum Gasteiger partial charge on any atom is -0.492 e. The van der Waals surface area contributed by atoms with Gasteiger partial charge in [-0.1, -0.05) is 12.1 Å². The lowest BCUT2D eigenvalue weighted by molar-refractivity contribution is 0.0827. The number of amides is 1. The molecule has 6 nitrogen and oxygen atoms in total. The van der Waals surface area contributed by atoms with Gasteiger partial charge < -0.3 is 14.4 Å². The zero-order valence-corrected chi connectivity index (χ0v) is 16.9. The number of carbonyl (C=O) groups is 2. The molecule has 1 amide bonds. The molecule has 0 fully saturated rings. The van der Waals surface area contributed by atoms with Crippen LogP contribution in [0.4, 0.5) is 0 Å². The smallest absolute Gasteiger partial charge is 0.253 e. The zero-order valence-electron chi connectivity index (χ0n) is 16.9. The number of fused-ring (bicyclic) bond motifs is 1. The van der Waals surface area contributed by atoms with E-state index in [-0.39, 0.29) is 11.7 Å². The summed E-state index contributed by atoms with van der Waals surface area (Å²) in [7, 11) is 3.47. The van der Waals surface area contributed by atoms with Crippen LogP contribution in [0.25, 0.3) is 0 Å². The predicted molar refractivity (Wildman–Crippen MR) is 112 cm³/mol. The van der Waals surface area contributed by atoms with Crippen molar-refractivity contribution in [1.29, 1.82) is 0 Å². The normalized spacial score (nSPS) is 12.7. The fourth-order valence-corrected chi connectivity index (χ4v) is 3.30. The van der Waals surface area contributed by atoms with Crippen molar-refractivity contribution < 1.29 is 19.1 Å². The molecule has 2 aromatic carbocycles. The first-order chi connectivity index (χ1) is 14.5. The molecule has 2 heterocycles. The van der Waals surface area contributed by atoms with Crippen molar-refractivity contribution in [3.63, 3.8) is 0 Å². The Morgan fingerprint density at radius 3 is 2.63 bits per heavy atom. The number of pyridine rings is 1. The van der Waals surface area contributed by atoms with E-state index < -0.39 is 0 Å². The quantitative estimate of drug-likeness (QED) is 0.642. The van der Waals surface area contributed by atoms with E-state index in [0.29, 0.717) is 48.0 Å². The van der Waals surface area contributed by atoms with Gasteiger partial charge in [0.25, 0.3) is 5.91 Å². The van der Waals surface area contributed by atoms with Crippen LogP contribution in [0.5, 0.6) is 17.4 Å². The Kier molecular flexibility index (Phi) is 5.48. The standard InChI is InChI=1S/C24H22N2O4/c1-26(2)24(28)18-5-3-16(4-6-18)13-17-9-11-25-23(14-17)30-19-7-8-20-21(27)10-12-29-22(20)15-19/h3-9,11,14-15H,10,12-13H2,1-2H3. The summed E-state index contributed by atoms with van der Waals surface area (Å²) in [6, 6.07) is 16.6. The van der Waals surface area contributed by atoms with E-state index in [1.165, 1.54) is 0 Å². The second kappa shape index (κ2) is 8.37. The fourth-order valence-electron chi connectivity index (χ4n) is 3.30. The monoisotopic (exact) mass is 402 g/mol. The van der Waals surface area contributed by atoms with Crippen LogP contribution in [-0.4, -0.2) is 42.3 Å². The van der Waals surface area contributed by atoms with Gasteiger partial charge in [-0.05, 0) is 47.9 Å². The molecule has 0 N–H and O–H groups in total. The van der Waals surface area contributed by atoms with Gasteiger partial charge in [0.2, 0.25) is 5.88 Å². The van der Waals surface area contributed by atoms with E-state index in [1.54, 1.807) is 43.4 Å². The Morgan fingerprint density at radius 2 is 1.87 bits per heavy atom. The topological polar surface area (TPSA) is 68.7 Å². The maximum Gasteiger partial charge on any atom is 0.253 e. The van der Waals surface area contributed by atoms with Gasteiger partial charge in [-0.15, -0.1) is 0 Å². The summed E-state index contributed by atoms with van der Waals surface area (Å²) >= 11 is 0. The Bertz CT molecular complexity index is 1090. The van der Waals surface area contributed by atoms with Gasteiger partial charge in [0.15, 0.2) is 5.78 Å². The number of ether oxygens (including phenoxy) is 2. The van der Waals surface area contributed by atoms with Crippen molar-refractivity contribution in [2.45, 2.75) is 12.8 Å². The number of benzene rings is 2. The average molecular weight is 402 g/mol. The predicted octanol–water partition coefficient (Wildman–Crippen LogP) is 4.13. The molecule has 0 spiro atoms. The number of hydrogen-bond acceptors (Lipinski definition) is 5. The van der Waals surface area contributed by atoms with Gasteiger partial charge in [-0.2, -0.15) is 0 Å². The van der Waals surface area contributed by atoms with E-state index >= 15 is 0 Å². The largest absolute Gasteiger partial charge is 0.492 e. The molecule has 0 unspecified atom stereocenters. The van der Waals surface area contributed by atoms with Crippen LogP contribution >= 0.6 is 0 Å². The first kappa shape index (κ1) is 19.6. The van der Waals surface area contributed by atoms with Crippen molar-refractivity contribution in [1.82, 2.24) is 9.88 Å². The number of Topliss-reactive ketones (excluding diaryl/α,β-unsaturated/α-hetero) is 1. The van der Waals surface area contributed by atoms with Crippen LogP contribution in [0.1, 0.15) is 38.3 Å². The van der Waals surface area contributed by atoms with Crippen molar-refractivity contribution in [3.8, 4) is 17.4 Å². The number of carbonyl (C=O) groups excluding carboxylic acids is 2. The second-order valence-electron chi connectivity index (χ2n) is 7.36. The first-order valence-corrected chi connectivity index (χ1v) is 9.73. The molecule has 0 saturated carbocycles. The number of aromatic nitrogens is 1. The summed E-state index contributed by atoms with van der Waals surface area (Å²) in [6.45, 7) is 0.391. The third-order valence-corrected chi connectivity index (χ3v) is 4.88. The van der Waals surface area contributed by atoms with Crippen molar-refractivity contribution in [3.05, 3.63) is 83.0 Å². The Morgan fingerprint density at radius 1 is 1.07 bits per heavy atom. The molecular formula is C24H22N2O4. The number of nitrogens with zero attached hydrogens (tertiary/aromatic N) is 2. The van der Waals surface area contributed by atoms with E-state index in [2.05, 4.69) is 4.98 Å². The third kappa shape index (κ3) is 4.33. The first-order valence-electron chi connectivity index (χ1n) is 9.73. The molecule has 0 saturated heterocycles. The number of rotatable bonds is 5. The summed E-state index contributed by atoms with van der Waals surface area (Å²) in [6.07, 6.45) is 2.80. The lowest BCUT2D eigenvalue weighted by atomic mass is 10.0. The highest BCUT2D eigenvalue weighted by molar-refractivity contribution is 5.99. The molecular weight excluding hydrogens is 380 g/mol. The van der Waals surface area contributed by atoms with Crippen LogP contribution in [-0.2, 0) is 6.42 Å². The van der Waals surface area contributed by atoms with Crippen LogP contribution in [0, 0.1) is 0 Å². The highest BCUT2D eigenvalue weighted by Gasteiger charge is 2.19. The average Bonchev–Trinajstić information content (AvgIpc) is 2.74. The van der Waals surface area contributed by atoms with Gasteiger partial charge in [0.1, 0.15) is 11.5 Å². The van der Waals surface area contributed by atoms with Crippen molar-refractivity contribution >= 4 is 11.7 Å². The molecule has 1 aliphatic rings. The van der Waals surface area contributed by atoms with Crippen LogP contribution in [0.3, 0.4) is 0 Å². The highest BCUT2D eigenvalue weighted by atomic mass is 16.5. The second-order valence-corrected chi connectivity index (χ2v) is 7.36. The number of ketones is 1. The summed E-state index contributed by atoms with van der Waals surface area (Å²) in [5, 5.41) is 0. The maximum atomic E-state index is 12.0. The summed E-state index contributed by atoms with van der Waals surface area (Å²) in [4.78, 5) is 29.8. The van der Waals surface area contributed by atoms with E-state index in [1.807, 2.05) is 36.4 Å².